The SMILES string of the molecule is CCCNC(=S)NCCCn1ccc(C)n1. The highest BCUT2D eigenvalue weighted by molar-refractivity contribution is 7.80. The summed E-state index contributed by atoms with van der Waals surface area (Å²) >= 11 is 5.11. The van der Waals surface area contributed by atoms with E-state index in [1.165, 1.54) is 0 Å². The minimum Gasteiger partial charge on any atom is -0.363 e. The van der Waals surface area contributed by atoms with Gasteiger partial charge in [0.1, 0.15) is 0 Å². The zero-order valence-electron chi connectivity index (χ0n) is 9.99. The highest BCUT2D eigenvalue weighted by atomic mass is 32.1. The van der Waals surface area contributed by atoms with Gasteiger partial charge in [-0.05, 0) is 38.0 Å². The molecule has 2 N–H and O–H groups in total. The lowest BCUT2D eigenvalue weighted by molar-refractivity contribution is 0.568. The Balaban J connectivity index is 2.05. The van der Waals surface area contributed by atoms with Crippen LogP contribution in [0.25, 0.3) is 0 Å². The Labute approximate surface area is 102 Å². The van der Waals surface area contributed by atoms with Crippen molar-refractivity contribution in [3.05, 3.63) is 18.0 Å². The van der Waals surface area contributed by atoms with Gasteiger partial charge in [-0.2, -0.15) is 5.10 Å². The molecule has 1 aromatic rings. The molecule has 1 rings (SSSR count). The smallest absolute Gasteiger partial charge is 0.166 e. The second-order valence-corrected chi connectivity index (χ2v) is 4.16. The van der Waals surface area contributed by atoms with E-state index in [1.54, 1.807) is 0 Å². The molecule has 0 spiro atoms. The highest BCUT2D eigenvalue weighted by Crippen LogP contribution is 1.93. The molecule has 16 heavy (non-hydrogen) atoms. The van der Waals surface area contributed by atoms with Crippen molar-refractivity contribution in [1.82, 2.24) is 20.4 Å². The topological polar surface area (TPSA) is 41.9 Å². The summed E-state index contributed by atoms with van der Waals surface area (Å²) in [7, 11) is 0. The number of nitrogens with one attached hydrogen (secondary N) is 2. The molecule has 90 valence electrons. The number of aryl methyl sites for hydroxylation is 2. The van der Waals surface area contributed by atoms with E-state index in [0.29, 0.717) is 0 Å². The van der Waals surface area contributed by atoms with Crippen molar-refractivity contribution in [1.29, 1.82) is 0 Å². The van der Waals surface area contributed by atoms with Crippen molar-refractivity contribution in [3.8, 4) is 0 Å². The van der Waals surface area contributed by atoms with Gasteiger partial charge in [0.05, 0.1) is 5.69 Å². The Morgan fingerprint density at radius 2 is 2.19 bits per heavy atom. The van der Waals surface area contributed by atoms with Crippen molar-refractivity contribution in [2.45, 2.75) is 33.2 Å². The summed E-state index contributed by atoms with van der Waals surface area (Å²) in [5.74, 6) is 0. The first kappa shape index (κ1) is 13.0. The Hall–Kier alpha value is -1.10. The second-order valence-electron chi connectivity index (χ2n) is 3.76. The molecular weight excluding hydrogens is 220 g/mol. The van der Waals surface area contributed by atoms with Gasteiger partial charge in [0.25, 0.3) is 0 Å². The third kappa shape index (κ3) is 5.11. The third-order valence-electron chi connectivity index (χ3n) is 2.16. The van der Waals surface area contributed by atoms with E-state index in [4.69, 9.17) is 12.2 Å². The molecule has 4 nitrogen and oxygen atoms in total. The summed E-state index contributed by atoms with van der Waals surface area (Å²) in [6.07, 6.45) is 4.12. The van der Waals surface area contributed by atoms with Crippen LogP contribution in [-0.2, 0) is 6.54 Å². The van der Waals surface area contributed by atoms with Gasteiger partial charge in [0.15, 0.2) is 5.11 Å². The van der Waals surface area contributed by atoms with Gasteiger partial charge in [-0.3, -0.25) is 4.68 Å². The summed E-state index contributed by atoms with van der Waals surface area (Å²) < 4.78 is 1.96. The van der Waals surface area contributed by atoms with Crippen LogP contribution in [0.3, 0.4) is 0 Å². The number of thiocarbonyl (C=S) groups is 1. The molecule has 0 unspecified atom stereocenters. The summed E-state index contributed by atoms with van der Waals surface area (Å²) in [6, 6.07) is 2.01. The highest BCUT2D eigenvalue weighted by Gasteiger charge is 1.95. The first-order chi connectivity index (χ1) is 7.72. The average Bonchev–Trinajstić information content (AvgIpc) is 2.67. The van der Waals surface area contributed by atoms with Gasteiger partial charge < -0.3 is 10.6 Å². The van der Waals surface area contributed by atoms with Crippen LogP contribution < -0.4 is 10.6 Å². The zero-order chi connectivity index (χ0) is 11.8. The minimum absolute atomic E-state index is 0.749. The first-order valence-electron chi connectivity index (χ1n) is 5.74. The monoisotopic (exact) mass is 240 g/mol. The zero-order valence-corrected chi connectivity index (χ0v) is 10.8. The molecule has 0 aliphatic rings. The molecule has 5 heteroatoms. The van der Waals surface area contributed by atoms with Gasteiger partial charge in [-0.1, -0.05) is 6.92 Å². The minimum atomic E-state index is 0.749. The maximum atomic E-state index is 5.11. The van der Waals surface area contributed by atoms with E-state index < -0.39 is 0 Å². The van der Waals surface area contributed by atoms with Crippen LogP contribution in [0.1, 0.15) is 25.5 Å². The normalized spacial score (nSPS) is 10.1. The van der Waals surface area contributed by atoms with E-state index in [2.05, 4.69) is 22.7 Å². The van der Waals surface area contributed by atoms with E-state index in [-0.39, 0.29) is 0 Å². The van der Waals surface area contributed by atoms with E-state index in [0.717, 1.165) is 43.3 Å². The molecule has 0 amide bonds. The van der Waals surface area contributed by atoms with Gasteiger partial charge in [0.2, 0.25) is 0 Å². The molecule has 0 radical (unpaired) electrons. The molecule has 0 aliphatic carbocycles. The van der Waals surface area contributed by atoms with Crippen LogP contribution in [0, 0.1) is 6.92 Å². The summed E-state index contributed by atoms with van der Waals surface area (Å²) in [5.41, 5.74) is 1.06. The molecular formula is C11H20N4S. The first-order valence-corrected chi connectivity index (χ1v) is 6.15. The lowest BCUT2D eigenvalue weighted by Crippen LogP contribution is -2.36. The average molecular weight is 240 g/mol. The van der Waals surface area contributed by atoms with Crippen molar-refractivity contribution in [2.75, 3.05) is 13.1 Å². The quantitative estimate of drug-likeness (QED) is 0.583. The fraction of sp³-hybridized carbons (Fsp3) is 0.636. The van der Waals surface area contributed by atoms with Crippen molar-refractivity contribution in [3.63, 3.8) is 0 Å². The predicted molar refractivity (Wildman–Crippen MR) is 70.5 cm³/mol. The Morgan fingerprint density at radius 1 is 1.44 bits per heavy atom. The molecule has 0 atom stereocenters. The Kier molecular flexibility index (Phi) is 5.85. The second kappa shape index (κ2) is 7.22. The lowest BCUT2D eigenvalue weighted by Gasteiger charge is -2.09. The van der Waals surface area contributed by atoms with Crippen LogP contribution in [0.2, 0.25) is 0 Å². The van der Waals surface area contributed by atoms with E-state index in [1.807, 2.05) is 23.9 Å². The largest absolute Gasteiger partial charge is 0.363 e. The van der Waals surface area contributed by atoms with Gasteiger partial charge in [-0.25, -0.2) is 0 Å². The number of aromatic nitrogens is 2. The number of hydrogen-bond donors (Lipinski definition) is 2. The summed E-state index contributed by atoms with van der Waals surface area (Å²) in [6.45, 7) is 6.87. The fourth-order valence-corrected chi connectivity index (χ4v) is 1.54. The third-order valence-corrected chi connectivity index (χ3v) is 2.45. The maximum absolute atomic E-state index is 5.11. The van der Waals surface area contributed by atoms with Crippen molar-refractivity contribution >= 4 is 17.3 Å². The molecule has 1 aromatic heterocycles. The molecule has 0 saturated carbocycles. The maximum Gasteiger partial charge on any atom is 0.166 e. The lowest BCUT2D eigenvalue weighted by atomic mass is 10.4. The molecule has 0 aromatic carbocycles. The van der Waals surface area contributed by atoms with E-state index >= 15 is 0 Å². The Bertz CT molecular complexity index is 322. The standard InChI is InChI=1S/C11H20N4S/c1-3-6-12-11(16)13-7-4-8-15-9-5-10(2)14-15/h5,9H,3-4,6-8H2,1-2H3,(H2,12,13,16). The summed E-state index contributed by atoms with van der Waals surface area (Å²) in [5, 5.41) is 11.4. The molecule has 0 saturated heterocycles. The summed E-state index contributed by atoms with van der Waals surface area (Å²) in [4.78, 5) is 0. The fourth-order valence-electron chi connectivity index (χ4n) is 1.33. The van der Waals surface area contributed by atoms with Crippen LogP contribution in [0.5, 0.6) is 0 Å². The molecule has 0 fully saturated rings. The predicted octanol–water partition coefficient (Wildman–Crippen LogP) is 1.46. The van der Waals surface area contributed by atoms with Gasteiger partial charge in [0, 0.05) is 25.8 Å². The number of rotatable bonds is 6. The van der Waals surface area contributed by atoms with Crippen molar-refractivity contribution in [2.24, 2.45) is 0 Å². The van der Waals surface area contributed by atoms with Crippen LogP contribution >= 0.6 is 12.2 Å². The van der Waals surface area contributed by atoms with E-state index in [9.17, 15) is 0 Å². The van der Waals surface area contributed by atoms with Crippen LogP contribution in [0.4, 0.5) is 0 Å². The van der Waals surface area contributed by atoms with Crippen LogP contribution in [0.15, 0.2) is 12.3 Å². The number of nitrogens with zero attached hydrogens (tertiary/aromatic N) is 2. The van der Waals surface area contributed by atoms with Crippen LogP contribution in [-0.4, -0.2) is 28.0 Å². The Morgan fingerprint density at radius 3 is 2.81 bits per heavy atom. The van der Waals surface area contributed by atoms with Crippen molar-refractivity contribution < 1.29 is 0 Å². The molecule has 0 aliphatic heterocycles. The molecule has 1 heterocycles. The molecule has 0 bridgehead atoms. The van der Waals surface area contributed by atoms with Gasteiger partial charge in [-0.15, -0.1) is 0 Å². The van der Waals surface area contributed by atoms with Gasteiger partial charge >= 0.3 is 0 Å². The number of hydrogen-bond acceptors (Lipinski definition) is 2.